The van der Waals surface area contributed by atoms with Crippen LogP contribution in [0, 0.1) is 17.0 Å². The minimum absolute atomic E-state index is 0.0119. The lowest BCUT2D eigenvalue weighted by atomic mass is 10.1. The summed E-state index contributed by atoms with van der Waals surface area (Å²) in [5, 5.41) is 22.9. The number of rotatable bonds is 5. The second-order valence-electron chi connectivity index (χ2n) is 3.98. The molecule has 104 valence electrons. The average molecular weight is 293 g/mol. The second-order valence-corrected chi connectivity index (χ2v) is 4.92. The molecule has 0 spiro atoms. The highest BCUT2D eigenvalue weighted by atomic mass is 32.1. The number of aromatic carboxylic acids is 1. The Morgan fingerprint density at radius 2 is 2.30 bits per heavy atom. The third-order valence-electron chi connectivity index (χ3n) is 2.74. The average Bonchev–Trinajstić information content (AvgIpc) is 2.81. The van der Waals surface area contributed by atoms with Gasteiger partial charge in [0, 0.05) is 10.9 Å². The molecule has 0 bridgehead atoms. The molecule has 0 aliphatic rings. The van der Waals surface area contributed by atoms with Gasteiger partial charge < -0.3 is 10.4 Å². The molecule has 20 heavy (non-hydrogen) atoms. The molecule has 0 aliphatic heterocycles. The first-order chi connectivity index (χ1) is 9.50. The maximum absolute atomic E-state index is 11.2. The number of thiazole rings is 1. The van der Waals surface area contributed by atoms with Crippen LogP contribution in [-0.4, -0.2) is 21.0 Å². The van der Waals surface area contributed by atoms with Gasteiger partial charge in [-0.3, -0.25) is 10.1 Å². The highest BCUT2D eigenvalue weighted by molar-refractivity contribution is 7.09. The zero-order valence-electron chi connectivity index (χ0n) is 10.5. The van der Waals surface area contributed by atoms with Crippen LogP contribution in [0.4, 0.5) is 11.4 Å². The van der Waals surface area contributed by atoms with Crippen molar-refractivity contribution in [3.8, 4) is 0 Å². The van der Waals surface area contributed by atoms with Crippen molar-refractivity contribution in [3.05, 3.63) is 50.0 Å². The first kappa shape index (κ1) is 13.9. The minimum Gasteiger partial charge on any atom is -0.478 e. The van der Waals surface area contributed by atoms with Crippen LogP contribution in [0.15, 0.2) is 23.7 Å². The van der Waals surface area contributed by atoms with Gasteiger partial charge in [0.2, 0.25) is 0 Å². The number of anilines is 1. The number of nitrogens with zero attached hydrogens (tertiary/aromatic N) is 2. The lowest BCUT2D eigenvalue weighted by Crippen LogP contribution is -2.09. The number of carboxylic acids is 1. The van der Waals surface area contributed by atoms with Crippen molar-refractivity contribution < 1.29 is 14.8 Å². The molecule has 7 nitrogen and oxygen atoms in total. The molecule has 0 saturated heterocycles. The van der Waals surface area contributed by atoms with E-state index < -0.39 is 10.9 Å². The number of aryl methyl sites for hydroxylation is 1. The van der Waals surface area contributed by atoms with E-state index >= 15 is 0 Å². The van der Waals surface area contributed by atoms with E-state index in [-0.39, 0.29) is 16.9 Å². The van der Waals surface area contributed by atoms with Crippen LogP contribution < -0.4 is 5.32 Å². The van der Waals surface area contributed by atoms with E-state index in [0.717, 1.165) is 10.6 Å². The molecule has 0 amide bonds. The van der Waals surface area contributed by atoms with Gasteiger partial charge in [-0.1, -0.05) is 6.07 Å². The monoisotopic (exact) mass is 293 g/mol. The number of aromatic nitrogens is 1. The number of nitro groups is 1. The van der Waals surface area contributed by atoms with Gasteiger partial charge in [0.25, 0.3) is 5.69 Å². The molecule has 0 fully saturated rings. The lowest BCUT2D eigenvalue weighted by molar-refractivity contribution is -0.384. The van der Waals surface area contributed by atoms with Gasteiger partial charge in [-0.2, -0.15) is 0 Å². The molecule has 8 heteroatoms. The molecule has 1 aromatic heterocycles. The molecular weight excluding hydrogens is 282 g/mol. The molecule has 0 atom stereocenters. The maximum atomic E-state index is 11.2. The molecule has 2 N–H and O–H groups in total. The van der Waals surface area contributed by atoms with Gasteiger partial charge in [0.1, 0.15) is 5.69 Å². The van der Waals surface area contributed by atoms with E-state index in [9.17, 15) is 14.9 Å². The molecule has 0 saturated carbocycles. The Labute approximate surface area is 118 Å². The van der Waals surface area contributed by atoms with Crippen LogP contribution in [-0.2, 0) is 6.54 Å². The lowest BCUT2D eigenvalue weighted by Gasteiger charge is -2.09. The second kappa shape index (κ2) is 5.66. The van der Waals surface area contributed by atoms with E-state index in [2.05, 4.69) is 10.3 Å². The summed E-state index contributed by atoms with van der Waals surface area (Å²) in [4.78, 5) is 26.5. The summed E-state index contributed by atoms with van der Waals surface area (Å²) in [6.45, 7) is 2.12. The Balaban J connectivity index is 2.36. The number of hydrogen-bond donors (Lipinski definition) is 2. The molecular formula is C12H11N3O4S. The topological polar surface area (TPSA) is 105 Å². The third kappa shape index (κ3) is 2.75. The zero-order chi connectivity index (χ0) is 14.7. The summed E-state index contributed by atoms with van der Waals surface area (Å²) in [5.41, 5.74) is 2.12. The Kier molecular flexibility index (Phi) is 3.94. The van der Waals surface area contributed by atoms with Crippen LogP contribution in [0.5, 0.6) is 0 Å². The Morgan fingerprint density at radius 1 is 1.55 bits per heavy atom. The fourth-order valence-corrected chi connectivity index (χ4v) is 2.44. The Bertz CT molecular complexity index is 636. The van der Waals surface area contributed by atoms with Crippen molar-refractivity contribution in [2.45, 2.75) is 13.5 Å². The van der Waals surface area contributed by atoms with Crippen LogP contribution in [0.3, 0.4) is 0 Å². The normalized spacial score (nSPS) is 10.2. The van der Waals surface area contributed by atoms with E-state index in [0.29, 0.717) is 6.54 Å². The first-order valence-electron chi connectivity index (χ1n) is 5.64. The number of carbonyl (C=O) groups is 1. The van der Waals surface area contributed by atoms with Gasteiger partial charge in [-0.25, -0.2) is 9.78 Å². The molecule has 0 aliphatic carbocycles. The summed E-state index contributed by atoms with van der Waals surface area (Å²) in [7, 11) is 0. The molecule has 1 heterocycles. The van der Waals surface area contributed by atoms with Crippen LogP contribution in [0.25, 0.3) is 0 Å². The Hall–Kier alpha value is -2.48. The number of hydrogen-bond acceptors (Lipinski definition) is 6. The zero-order valence-corrected chi connectivity index (χ0v) is 11.3. The summed E-state index contributed by atoms with van der Waals surface area (Å²) >= 11 is 1.41. The van der Waals surface area contributed by atoms with Crippen molar-refractivity contribution in [1.29, 1.82) is 0 Å². The third-order valence-corrected chi connectivity index (χ3v) is 3.68. The van der Waals surface area contributed by atoms with Crippen molar-refractivity contribution in [3.63, 3.8) is 0 Å². The van der Waals surface area contributed by atoms with Crippen molar-refractivity contribution in [1.82, 2.24) is 4.98 Å². The standard InChI is InChI=1S/C12H11N3O4S/c1-7-10(20-6-14-7)5-13-11-8(12(16)17)3-2-4-9(11)15(18)19/h2-4,6,13H,5H2,1H3,(H,16,17). The number of carboxylic acid groups (broad SMARTS) is 1. The van der Waals surface area contributed by atoms with Crippen molar-refractivity contribution in [2.24, 2.45) is 0 Å². The van der Waals surface area contributed by atoms with Crippen molar-refractivity contribution >= 4 is 28.7 Å². The summed E-state index contributed by atoms with van der Waals surface area (Å²) < 4.78 is 0. The molecule has 2 aromatic rings. The van der Waals surface area contributed by atoms with Crippen LogP contribution >= 0.6 is 11.3 Å². The summed E-state index contributed by atoms with van der Waals surface area (Å²) in [6, 6.07) is 3.95. The van der Waals surface area contributed by atoms with Gasteiger partial charge >= 0.3 is 5.97 Å². The number of nitro benzene ring substituents is 1. The molecule has 2 rings (SSSR count). The van der Waals surface area contributed by atoms with E-state index in [1.165, 1.54) is 29.5 Å². The van der Waals surface area contributed by atoms with Crippen LogP contribution in [0.2, 0.25) is 0 Å². The predicted molar refractivity (Wildman–Crippen MR) is 74.2 cm³/mol. The SMILES string of the molecule is Cc1ncsc1CNc1c(C(=O)O)cccc1[N+](=O)[O-]. The predicted octanol–water partition coefficient (Wildman–Crippen LogP) is 2.67. The van der Waals surface area contributed by atoms with Gasteiger partial charge in [-0.15, -0.1) is 11.3 Å². The highest BCUT2D eigenvalue weighted by Crippen LogP contribution is 2.29. The maximum Gasteiger partial charge on any atom is 0.338 e. The van der Waals surface area contributed by atoms with Gasteiger partial charge in [0.05, 0.1) is 28.2 Å². The number of para-hydroxylation sites is 1. The molecule has 0 radical (unpaired) electrons. The highest BCUT2D eigenvalue weighted by Gasteiger charge is 2.21. The summed E-state index contributed by atoms with van der Waals surface area (Å²) in [5.74, 6) is -1.21. The van der Waals surface area contributed by atoms with Gasteiger partial charge in [0.15, 0.2) is 0 Å². The first-order valence-corrected chi connectivity index (χ1v) is 6.52. The quantitative estimate of drug-likeness (QED) is 0.648. The molecule has 1 aromatic carbocycles. The van der Waals surface area contributed by atoms with E-state index in [1.54, 1.807) is 5.51 Å². The van der Waals surface area contributed by atoms with Crippen molar-refractivity contribution in [2.75, 3.05) is 5.32 Å². The molecule has 0 unspecified atom stereocenters. The Morgan fingerprint density at radius 3 is 2.85 bits per heavy atom. The number of benzene rings is 1. The minimum atomic E-state index is -1.21. The van der Waals surface area contributed by atoms with E-state index in [4.69, 9.17) is 5.11 Å². The van der Waals surface area contributed by atoms with Crippen LogP contribution in [0.1, 0.15) is 20.9 Å². The fraction of sp³-hybridized carbons (Fsp3) is 0.167. The number of nitrogens with one attached hydrogen (secondary N) is 1. The summed E-state index contributed by atoms with van der Waals surface area (Å²) in [6.07, 6.45) is 0. The fourth-order valence-electron chi connectivity index (χ4n) is 1.72. The largest absolute Gasteiger partial charge is 0.478 e. The smallest absolute Gasteiger partial charge is 0.338 e. The van der Waals surface area contributed by atoms with E-state index in [1.807, 2.05) is 6.92 Å². The van der Waals surface area contributed by atoms with Gasteiger partial charge in [-0.05, 0) is 13.0 Å².